The quantitative estimate of drug-likeness (QED) is 0.704. The van der Waals surface area contributed by atoms with Crippen molar-refractivity contribution in [1.29, 1.82) is 0 Å². The highest BCUT2D eigenvalue weighted by Crippen LogP contribution is 2.34. The molecule has 0 aliphatic carbocycles. The summed E-state index contributed by atoms with van der Waals surface area (Å²) >= 11 is 6.11. The first kappa shape index (κ1) is 19.6. The molecule has 0 saturated heterocycles. The van der Waals surface area contributed by atoms with E-state index in [2.05, 4.69) is 10.4 Å². The molecule has 1 amide bonds. The number of nitrogens with zero attached hydrogens (tertiary/aromatic N) is 2. The number of alkyl halides is 3. The number of rotatable bonds is 4. The molecule has 0 aliphatic heterocycles. The van der Waals surface area contributed by atoms with Crippen molar-refractivity contribution in [2.75, 3.05) is 5.32 Å². The van der Waals surface area contributed by atoms with Crippen molar-refractivity contribution in [3.8, 4) is 11.3 Å². The Kier molecular flexibility index (Phi) is 5.51. The molecule has 0 radical (unpaired) electrons. The van der Waals surface area contributed by atoms with Crippen molar-refractivity contribution in [2.45, 2.75) is 12.7 Å². The highest BCUT2D eigenvalue weighted by Gasteiger charge is 2.33. The van der Waals surface area contributed by atoms with Crippen LogP contribution >= 0.6 is 11.6 Å². The van der Waals surface area contributed by atoms with Gasteiger partial charge in [-0.1, -0.05) is 41.9 Å². The highest BCUT2D eigenvalue weighted by atomic mass is 35.5. The highest BCUT2D eigenvalue weighted by molar-refractivity contribution is 6.33. The summed E-state index contributed by atoms with van der Waals surface area (Å²) in [6, 6.07) is 14.1. The van der Waals surface area contributed by atoms with Gasteiger partial charge < -0.3 is 5.32 Å². The maximum Gasteiger partial charge on any atom is 0.418 e. The van der Waals surface area contributed by atoms with Crippen LogP contribution < -0.4 is 10.9 Å². The van der Waals surface area contributed by atoms with Crippen LogP contribution in [0.4, 0.5) is 18.9 Å². The van der Waals surface area contributed by atoms with E-state index in [0.717, 1.165) is 16.8 Å². The lowest BCUT2D eigenvalue weighted by Crippen LogP contribution is -2.29. The van der Waals surface area contributed by atoms with E-state index in [9.17, 15) is 22.8 Å². The normalized spacial score (nSPS) is 11.3. The van der Waals surface area contributed by atoms with Gasteiger partial charge in [0.05, 0.1) is 22.0 Å². The number of aromatic nitrogens is 2. The van der Waals surface area contributed by atoms with Crippen molar-refractivity contribution in [1.82, 2.24) is 9.78 Å². The third kappa shape index (κ3) is 4.40. The molecule has 1 N–H and O–H groups in total. The van der Waals surface area contributed by atoms with Crippen molar-refractivity contribution in [3.63, 3.8) is 0 Å². The van der Waals surface area contributed by atoms with E-state index in [1.54, 1.807) is 24.3 Å². The van der Waals surface area contributed by atoms with Crippen LogP contribution in [0.5, 0.6) is 0 Å². The lowest BCUT2D eigenvalue weighted by molar-refractivity contribution is -0.137. The fraction of sp³-hybridized carbons (Fsp3) is 0.105. The fourth-order valence-corrected chi connectivity index (χ4v) is 2.77. The molecular weight excluding hydrogens is 395 g/mol. The molecule has 2 aromatic carbocycles. The molecule has 0 atom stereocenters. The van der Waals surface area contributed by atoms with Gasteiger partial charge in [-0.15, -0.1) is 0 Å². The summed E-state index contributed by atoms with van der Waals surface area (Å²) in [4.78, 5) is 24.2. The second-order valence-electron chi connectivity index (χ2n) is 5.79. The van der Waals surface area contributed by atoms with Gasteiger partial charge in [0.2, 0.25) is 5.91 Å². The molecule has 0 bridgehead atoms. The molecule has 1 aromatic heterocycles. The molecular formula is C19H13ClF3N3O2. The molecule has 144 valence electrons. The van der Waals surface area contributed by atoms with Gasteiger partial charge in [0, 0.05) is 11.6 Å². The van der Waals surface area contributed by atoms with Gasteiger partial charge in [0.15, 0.2) is 0 Å². The second-order valence-corrected chi connectivity index (χ2v) is 6.19. The average Bonchev–Trinajstić information content (AvgIpc) is 2.63. The first-order valence-corrected chi connectivity index (χ1v) is 8.42. The number of halogens is 4. The molecule has 5 nitrogen and oxygen atoms in total. The summed E-state index contributed by atoms with van der Waals surface area (Å²) in [5.74, 6) is -0.817. The maximum atomic E-state index is 13.0. The van der Waals surface area contributed by atoms with Gasteiger partial charge in [0.25, 0.3) is 5.56 Å². The standard InChI is InChI=1S/C19H13ClF3N3O2/c20-14-7-3-1-5-12(14)15-9-10-18(28)26(25-15)11-17(27)24-16-8-4-2-6-13(16)19(21,22)23/h1-10H,11H2,(H,24,27). The number of hydrogen-bond acceptors (Lipinski definition) is 3. The van der Waals surface area contributed by atoms with Crippen molar-refractivity contribution in [2.24, 2.45) is 0 Å². The number of benzene rings is 2. The molecule has 0 fully saturated rings. The van der Waals surface area contributed by atoms with Crippen LogP contribution in [0.2, 0.25) is 5.02 Å². The monoisotopic (exact) mass is 407 g/mol. The van der Waals surface area contributed by atoms with E-state index in [1.807, 2.05) is 0 Å². The Morgan fingerprint density at radius 3 is 2.43 bits per heavy atom. The van der Waals surface area contributed by atoms with Gasteiger partial charge in [-0.05, 0) is 24.3 Å². The third-order valence-electron chi connectivity index (χ3n) is 3.82. The summed E-state index contributed by atoms with van der Waals surface area (Å²) in [5.41, 5.74) is -1.03. The first-order chi connectivity index (χ1) is 13.3. The Hall–Kier alpha value is -3.13. The zero-order chi connectivity index (χ0) is 20.3. The van der Waals surface area contributed by atoms with Gasteiger partial charge in [-0.3, -0.25) is 9.59 Å². The summed E-state index contributed by atoms with van der Waals surface area (Å²) in [5, 5.41) is 6.68. The number of nitrogens with one attached hydrogen (secondary N) is 1. The maximum absolute atomic E-state index is 13.0. The molecule has 0 aliphatic rings. The van der Waals surface area contributed by atoms with Gasteiger partial charge in [0.1, 0.15) is 6.54 Å². The lowest BCUT2D eigenvalue weighted by atomic mass is 10.1. The molecule has 3 rings (SSSR count). The van der Waals surface area contributed by atoms with E-state index < -0.39 is 35.4 Å². The lowest BCUT2D eigenvalue weighted by Gasteiger charge is -2.14. The zero-order valence-corrected chi connectivity index (χ0v) is 15.0. The Morgan fingerprint density at radius 2 is 1.71 bits per heavy atom. The first-order valence-electron chi connectivity index (χ1n) is 8.05. The van der Waals surface area contributed by atoms with Crippen LogP contribution in [0.3, 0.4) is 0 Å². The van der Waals surface area contributed by atoms with Gasteiger partial charge in [-0.25, -0.2) is 4.68 Å². The van der Waals surface area contributed by atoms with Crippen molar-refractivity contribution < 1.29 is 18.0 Å². The Labute approximate surface area is 162 Å². The topological polar surface area (TPSA) is 64.0 Å². The minimum Gasteiger partial charge on any atom is -0.324 e. The Bertz CT molecular complexity index is 1080. The largest absolute Gasteiger partial charge is 0.418 e. The predicted molar refractivity (Wildman–Crippen MR) is 99.0 cm³/mol. The molecule has 0 unspecified atom stereocenters. The van der Waals surface area contributed by atoms with E-state index >= 15 is 0 Å². The predicted octanol–water partition coefficient (Wildman–Crippen LogP) is 4.22. The van der Waals surface area contributed by atoms with Crippen LogP contribution in [-0.2, 0) is 17.5 Å². The summed E-state index contributed by atoms with van der Waals surface area (Å²) in [6.45, 7) is -0.552. The summed E-state index contributed by atoms with van der Waals surface area (Å²) in [6.07, 6.45) is -4.62. The zero-order valence-electron chi connectivity index (χ0n) is 14.2. The number of amides is 1. The number of para-hydroxylation sites is 1. The van der Waals surface area contributed by atoms with Gasteiger partial charge >= 0.3 is 6.18 Å². The van der Waals surface area contributed by atoms with Crippen LogP contribution in [0.25, 0.3) is 11.3 Å². The molecule has 0 spiro atoms. The Morgan fingerprint density at radius 1 is 1.04 bits per heavy atom. The molecule has 3 aromatic rings. The summed E-state index contributed by atoms with van der Waals surface area (Å²) in [7, 11) is 0. The van der Waals surface area contributed by atoms with E-state index in [1.165, 1.54) is 24.3 Å². The number of anilines is 1. The molecule has 28 heavy (non-hydrogen) atoms. The smallest absolute Gasteiger partial charge is 0.324 e. The third-order valence-corrected chi connectivity index (χ3v) is 4.15. The van der Waals surface area contributed by atoms with Crippen LogP contribution in [-0.4, -0.2) is 15.7 Å². The van der Waals surface area contributed by atoms with Gasteiger partial charge in [-0.2, -0.15) is 18.3 Å². The van der Waals surface area contributed by atoms with Crippen molar-refractivity contribution >= 4 is 23.2 Å². The molecule has 1 heterocycles. The minimum atomic E-state index is -4.62. The Balaban J connectivity index is 1.85. The number of carbonyl (C=O) groups excluding carboxylic acids is 1. The molecule has 9 heteroatoms. The van der Waals surface area contributed by atoms with E-state index in [-0.39, 0.29) is 0 Å². The number of carbonyl (C=O) groups is 1. The second kappa shape index (κ2) is 7.85. The van der Waals surface area contributed by atoms with Crippen LogP contribution in [0, 0.1) is 0 Å². The van der Waals surface area contributed by atoms with Crippen molar-refractivity contribution in [3.05, 3.63) is 81.6 Å². The number of hydrogen-bond donors (Lipinski definition) is 1. The minimum absolute atomic E-state index is 0.355. The van der Waals surface area contributed by atoms with E-state index in [4.69, 9.17) is 11.6 Å². The SMILES string of the molecule is O=C(Cn1nc(-c2ccccc2Cl)ccc1=O)Nc1ccccc1C(F)(F)F. The average molecular weight is 408 g/mol. The molecule has 0 saturated carbocycles. The summed E-state index contributed by atoms with van der Waals surface area (Å²) < 4.78 is 40.0. The van der Waals surface area contributed by atoms with Crippen LogP contribution in [0.1, 0.15) is 5.56 Å². The van der Waals surface area contributed by atoms with E-state index in [0.29, 0.717) is 16.3 Å². The fourth-order valence-electron chi connectivity index (χ4n) is 2.54. The van der Waals surface area contributed by atoms with Crippen LogP contribution in [0.15, 0.2) is 65.5 Å².